The highest BCUT2D eigenvalue weighted by molar-refractivity contribution is 7.89. The topological polar surface area (TPSA) is 70.7 Å². The van der Waals surface area contributed by atoms with E-state index in [0.29, 0.717) is 42.7 Å². The zero-order valence-corrected chi connectivity index (χ0v) is 15.9. The number of ether oxygens (including phenoxy) is 1. The molecule has 0 aromatic heterocycles. The van der Waals surface area contributed by atoms with Crippen LogP contribution in [0, 0.1) is 0 Å². The second-order valence-electron chi connectivity index (χ2n) is 6.46. The van der Waals surface area contributed by atoms with E-state index in [4.69, 9.17) is 16.3 Å². The molecule has 2 aliphatic rings. The first kappa shape index (κ1) is 17.6. The third kappa shape index (κ3) is 3.16. The highest BCUT2D eigenvalue weighted by Gasteiger charge is 2.31. The van der Waals surface area contributed by atoms with Gasteiger partial charge in [0, 0.05) is 31.2 Å². The SMILES string of the molecule is CC(c1ccc2c(c1)Nc1cc(Cl)ccc1O2)S(=O)(=O)N1CCNCC1. The molecule has 0 radical (unpaired) electrons. The molecule has 4 rings (SSSR count). The molecule has 2 aliphatic heterocycles. The van der Waals surface area contributed by atoms with Crippen LogP contribution in [0.25, 0.3) is 0 Å². The first-order chi connectivity index (χ1) is 12.4. The van der Waals surface area contributed by atoms with E-state index in [0.717, 1.165) is 16.9 Å². The van der Waals surface area contributed by atoms with Gasteiger partial charge in [-0.2, -0.15) is 4.31 Å². The normalized spacial score (nSPS) is 18.2. The van der Waals surface area contributed by atoms with Crippen molar-refractivity contribution in [1.29, 1.82) is 0 Å². The molecule has 0 aliphatic carbocycles. The lowest BCUT2D eigenvalue weighted by atomic mass is 10.1. The Labute approximate surface area is 158 Å². The highest BCUT2D eigenvalue weighted by atomic mass is 35.5. The van der Waals surface area contributed by atoms with E-state index in [1.807, 2.05) is 12.1 Å². The molecule has 2 N–H and O–H groups in total. The molecule has 0 spiro atoms. The summed E-state index contributed by atoms with van der Waals surface area (Å²) in [7, 11) is -3.41. The van der Waals surface area contributed by atoms with E-state index in [9.17, 15) is 8.42 Å². The number of halogens is 1. The Balaban J connectivity index is 1.62. The Morgan fingerprint density at radius 2 is 1.73 bits per heavy atom. The van der Waals surface area contributed by atoms with Crippen LogP contribution in [-0.4, -0.2) is 38.9 Å². The average Bonchev–Trinajstić information content (AvgIpc) is 2.66. The molecule has 1 atom stereocenters. The van der Waals surface area contributed by atoms with Gasteiger partial charge in [-0.25, -0.2) is 8.42 Å². The summed E-state index contributed by atoms with van der Waals surface area (Å²) >= 11 is 6.05. The quantitative estimate of drug-likeness (QED) is 0.712. The molecule has 2 aromatic rings. The number of fused-ring (bicyclic) bond motifs is 2. The Hall–Kier alpha value is -1.80. The van der Waals surface area contributed by atoms with Crippen molar-refractivity contribution in [3.63, 3.8) is 0 Å². The van der Waals surface area contributed by atoms with Gasteiger partial charge in [-0.3, -0.25) is 0 Å². The van der Waals surface area contributed by atoms with E-state index in [-0.39, 0.29) is 0 Å². The predicted molar refractivity (Wildman–Crippen MR) is 103 cm³/mol. The Bertz CT molecular complexity index is 943. The number of piperazine rings is 1. The number of nitrogens with zero attached hydrogens (tertiary/aromatic N) is 1. The number of rotatable bonds is 3. The number of nitrogens with one attached hydrogen (secondary N) is 2. The predicted octanol–water partition coefficient (Wildman–Crippen LogP) is 3.49. The lowest BCUT2D eigenvalue weighted by Crippen LogP contribution is -2.47. The molecule has 0 saturated carbocycles. The van der Waals surface area contributed by atoms with Gasteiger partial charge in [0.15, 0.2) is 11.5 Å². The molecular weight excluding hydrogens is 374 g/mol. The van der Waals surface area contributed by atoms with Crippen LogP contribution >= 0.6 is 11.6 Å². The number of benzene rings is 2. The maximum atomic E-state index is 12.9. The summed E-state index contributed by atoms with van der Waals surface area (Å²) in [5.74, 6) is 1.35. The summed E-state index contributed by atoms with van der Waals surface area (Å²) in [6, 6.07) is 10.8. The molecule has 6 nitrogen and oxygen atoms in total. The standard InChI is InChI=1S/C18H20ClN3O3S/c1-12(26(23,24)22-8-6-20-7-9-22)13-2-4-17-15(10-13)21-16-11-14(19)3-5-18(16)25-17/h2-5,10-12,20-21H,6-9H2,1H3. The molecule has 1 saturated heterocycles. The van der Waals surface area contributed by atoms with Crippen LogP contribution in [0.1, 0.15) is 17.7 Å². The van der Waals surface area contributed by atoms with E-state index >= 15 is 0 Å². The molecular formula is C18H20ClN3O3S. The first-order valence-corrected chi connectivity index (χ1v) is 10.4. The van der Waals surface area contributed by atoms with Crippen LogP contribution in [0.3, 0.4) is 0 Å². The molecule has 2 aromatic carbocycles. The average molecular weight is 394 g/mol. The summed E-state index contributed by atoms with van der Waals surface area (Å²) in [6.07, 6.45) is 0. The fourth-order valence-corrected chi connectivity index (χ4v) is 5.04. The molecule has 1 fully saturated rings. The summed E-state index contributed by atoms with van der Waals surface area (Å²) in [6.45, 7) is 4.11. The van der Waals surface area contributed by atoms with Crippen molar-refractivity contribution >= 4 is 33.0 Å². The monoisotopic (exact) mass is 393 g/mol. The smallest absolute Gasteiger partial charge is 0.220 e. The van der Waals surface area contributed by atoms with Crippen molar-refractivity contribution in [1.82, 2.24) is 9.62 Å². The minimum absolute atomic E-state index is 0.505. The van der Waals surface area contributed by atoms with E-state index in [1.165, 1.54) is 0 Å². The van der Waals surface area contributed by atoms with Crippen molar-refractivity contribution in [2.45, 2.75) is 12.2 Å². The Morgan fingerprint density at radius 3 is 2.46 bits per heavy atom. The summed E-state index contributed by atoms with van der Waals surface area (Å²) in [5.41, 5.74) is 2.23. The Morgan fingerprint density at radius 1 is 1.08 bits per heavy atom. The number of hydrogen-bond donors (Lipinski definition) is 2. The minimum Gasteiger partial charge on any atom is -0.453 e. The molecule has 0 bridgehead atoms. The summed E-state index contributed by atoms with van der Waals surface area (Å²) in [5, 5.41) is 6.43. The zero-order valence-electron chi connectivity index (χ0n) is 14.3. The summed E-state index contributed by atoms with van der Waals surface area (Å²) in [4.78, 5) is 0. The molecule has 0 amide bonds. The molecule has 138 valence electrons. The number of anilines is 2. The Kier molecular flexibility index (Phi) is 4.56. The molecule has 1 unspecified atom stereocenters. The third-order valence-corrected chi connectivity index (χ3v) is 7.27. The summed E-state index contributed by atoms with van der Waals surface area (Å²) < 4.78 is 33.3. The maximum absolute atomic E-state index is 12.9. The molecule has 2 heterocycles. The van der Waals surface area contributed by atoms with E-state index < -0.39 is 15.3 Å². The third-order valence-electron chi connectivity index (χ3n) is 4.79. The van der Waals surface area contributed by atoms with Crippen molar-refractivity contribution in [2.24, 2.45) is 0 Å². The van der Waals surface area contributed by atoms with Gasteiger partial charge >= 0.3 is 0 Å². The van der Waals surface area contributed by atoms with E-state index in [1.54, 1.807) is 35.5 Å². The van der Waals surface area contributed by atoms with Crippen molar-refractivity contribution in [3.05, 3.63) is 47.0 Å². The van der Waals surface area contributed by atoms with Crippen molar-refractivity contribution < 1.29 is 13.2 Å². The van der Waals surface area contributed by atoms with Gasteiger partial charge in [-0.1, -0.05) is 17.7 Å². The zero-order chi connectivity index (χ0) is 18.3. The largest absolute Gasteiger partial charge is 0.453 e. The lowest BCUT2D eigenvalue weighted by Gasteiger charge is -2.30. The van der Waals surface area contributed by atoms with Gasteiger partial charge < -0.3 is 15.4 Å². The molecule has 26 heavy (non-hydrogen) atoms. The van der Waals surface area contributed by atoms with Crippen LogP contribution in [0.5, 0.6) is 11.5 Å². The maximum Gasteiger partial charge on any atom is 0.220 e. The fourth-order valence-electron chi connectivity index (χ4n) is 3.23. The van der Waals surface area contributed by atoms with Crippen LogP contribution in [0.4, 0.5) is 11.4 Å². The van der Waals surface area contributed by atoms with Crippen molar-refractivity contribution in [3.8, 4) is 11.5 Å². The minimum atomic E-state index is -3.41. The fraction of sp³-hybridized carbons (Fsp3) is 0.333. The van der Waals surface area contributed by atoms with Gasteiger partial charge in [0.2, 0.25) is 10.0 Å². The van der Waals surface area contributed by atoms with Crippen LogP contribution < -0.4 is 15.4 Å². The first-order valence-electron chi connectivity index (χ1n) is 8.53. The highest BCUT2D eigenvalue weighted by Crippen LogP contribution is 2.44. The number of hydrogen-bond acceptors (Lipinski definition) is 5. The van der Waals surface area contributed by atoms with Gasteiger partial charge in [-0.05, 0) is 42.8 Å². The lowest BCUT2D eigenvalue weighted by molar-refractivity contribution is 0.356. The second kappa shape index (κ2) is 6.74. The van der Waals surface area contributed by atoms with Gasteiger partial charge in [0.05, 0.1) is 16.6 Å². The van der Waals surface area contributed by atoms with Gasteiger partial charge in [0.25, 0.3) is 0 Å². The van der Waals surface area contributed by atoms with Crippen LogP contribution in [0.2, 0.25) is 5.02 Å². The van der Waals surface area contributed by atoms with Crippen molar-refractivity contribution in [2.75, 3.05) is 31.5 Å². The molecule has 8 heteroatoms. The van der Waals surface area contributed by atoms with Crippen LogP contribution in [0.15, 0.2) is 36.4 Å². The van der Waals surface area contributed by atoms with Gasteiger partial charge in [0.1, 0.15) is 0 Å². The number of sulfonamides is 1. The van der Waals surface area contributed by atoms with E-state index in [2.05, 4.69) is 10.6 Å². The van der Waals surface area contributed by atoms with Crippen LogP contribution in [-0.2, 0) is 10.0 Å². The second-order valence-corrected chi connectivity index (χ2v) is 9.15. The van der Waals surface area contributed by atoms with Gasteiger partial charge in [-0.15, -0.1) is 0 Å².